The zero-order chi connectivity index (χ0) is 14.9. The molecule has 0 aliphatic rings. The number of Topliss-reactive ketones (excluding diaryl/α,β-unsaturated/α-hetero) is 1. The monoisotopic (exact) mass is 401 g/mol. The van der Waals surface area contributed by atoms with E-state index in [1.807, 2.05) is 0 Å². The molecule has 0 aliphatic carbocycles. The summed E-state index contributed by atoms with van der Waals surface area (Å²) in [5.41, 5.74) is 0.478. The lowest BCUT2D eigenvalue weighted by molar-refractivity contribution is -0.392. The van der Waals surface area contributed by atoms with Crippen LogP contribution >= 0.6 is 31.9 Å². The zero-order valence-electron chi connectivity index (χ0n) is 10.3. The molecule has 2 aromatic rings. The summed E-state index contributed by atoms with van der Waals surface area (Å²) >= 11 is 6.33. The van der Waals surface area contributed by atoms with Crippen LogP contribution in [-0.2, 0) is 6.54 Å². The van der Waals surface area contributed by atoms with Crippen LogP contribution in [-0.4, -0.2) is 20.3 Å². The number of ketones is 1. The molecule has 0 fully saturated rings. The van der Waals surface area contributed by atoms with Gasteiger partial charge in [0, 0.05) is 17.0 Å². The highest BCUT2D eigenvalue weighted by Gasteiger charge is 2.26. The van der Waals surface area contributed by atoms with Crippen molar-refractivity contribution in [2.24, 2.45) is 0 Å². The predicted molar refractivity (Wildman–Crippen MR) is 79.8 cm³/mol. The van der Waals surface area contributed by atoms with Crippen LogP contribution in [0.4, 0.5) is 5.82 Å². The number of nitrogens with zero attached hydrogens (tertiary/aromatic N) is 3. The molecule has 0 saturated carbocycles. The van der Waals surface area contributed by atoms with Crippen molar-refractivity contribution in [2.75, 3.05) is 0 Å². The lowest BCUT2D eigenvalue weighted by Crippen LogP contribution is -2.14. The lowest BCUT2D eigenvalue weighted by Gasteiger charge is -2.04. The van der Waals surface area contributed by atoms with E-state index < -0.39 is 4.92 Å². The molecule has 20 heavy (non-hydrogen) atoms. The molecule has 0 aliphatic heterocycles. The Morgan fingerprint density at radius 3 is 2.65 bits per heavy atom. The van der Waals surface area contributed by atoms with Crippen molar-refractivity contribution >= 4 is 43.5 Å². The van der Waals surface area contributed by atoms with Gasteiger partial charge in [-0.1, -0.05) is 34.1 Å². The number of hydrogen-bond donors (Lipinski definition) is 0. The van der Waals surface area contributed by atoms with E-state index in [0.717, 1.165) is 0 Å². The Kier molecular flexibility index (Phi) is 4.34. The largest absolute Gasteiger partial charge is 0.358 e. The summed E-state index contributed by atoms with van der Waals surface area (Å²) in [7, 11) is 0. The average molecular weight is 403 g/mol. The second-order valence-corrected chi connectivity index (χ2v) is 5.63. The molecular formula is C12H9Br2N3O3. The second-order valence-electron chi connectivity index (χ2n) is 4.02. The van der Waals surface area contributed by atoms with Crippen molar-refractivity contribution in [3.8, 4) is 0 Å². The first kappa shape index (κ1) is 14.9. The van der Waals surface area contributed by atoms with E-state index in [9.17, 15) is 14.9 Å². The van der Waals surface area contributed by atoms with Gasteiger partial charge in [0.05, 0.1) is 0 Å². The fourth-order valence-electron chi connectivity index (χ4n) is 1.80. The summed E-state index contributed by atoms with van der Waals surface area (Å²) in [6.07, 6.45) is 0. The highest BCUT2D eigenvalue weighted by molar-refractivity contribution is 9.10. The van der Waals surface area contributed by atoms with Crippen molar-refractivity contribution in [3.05, 3.63) is 54.8 Å². The Bertz CT molecular complexity index is 697. The quantitative estimate of drug-likeness (QED) is 0.445. The van der Waals surface area contributed by atoms with Crippen LogP contribution in [0, 0.1) is 17.0 Å². The molecule has 1 aromatic heterocycles. The molecule has 104 valence electrons. The standard InChI is InChI=1S/C12H9Br2N3O3/c1-7-15-11(14)12(17(19)20)16(7)6-10(18)8-4-2-3-5-9(8)13/h2-5H,6H2,1H3. The maximum absolute atomic E-state index is 12.3. The normalized spacial score (nSPS) is 10.6. The van der Waals surface area contributed by atoms with Crippen LogP contribution in [0.5, 0.6) is 0 Å². The zero-order valence-corrected chi connectivity index (χ0v) is 13.5. The summed E-state index contributed by atoms with van der Waals surface area (Å²) in [5.74, 6) is -0.0412. The molecular weight excluding hydrogens is 394 g/mol. The number of imidazole rings is 1. The summed E-state index contributed by atoms with van der Waals surface area (Å²) in [4.78, 5) is 26.7. The topological polar surface area (TPSA) is 78.0 Å². The SMILES string of the molecule is Cc1nc(Br)c([N+](=O)[O-])n1CC(=O)c1ccccc1Br. The van der Waals surface area contributed by atoms with Gasteiger partial charge < -0.3 is 10.1 Å². The van der Waals surface area contributed by atoms with E-state index in [1.54, 1.807) is 31.2 Å². The summed E-state index contributed by atoms with van der Waals surface area (Å²) < 4.78 is 2.07. The van der Waals surface area contributed by atoms with Gasteiger partial charge in [-0.15, -0.1) is 0 Å². The Labute approximate surface area is 131 Å². The number of aryl methyl sites for hydroxylation is 1. The van der Waals surface area contributed by atoms with Crippen LogP contribution in [0.25, 0.3) is 0 Å². The number of benzene rings is 1. The molecule has 8 heteroatoms. The van der Waals surface area contributed by atoms with Crippen LogP contribution in [0.2, 0.25) is 0 Å². The van der Waals surface area contributed by atoms with Gasteiger partial charge in [-0.3, -0.25) is 4.79 Å². The van der Waals surface area contributed by atoms with Gasteiger partial charge in [0.2, 0.25) is 10.4 Å². The van der Waals surface area contributed by atoms with Crippen molar-refractivity contribution in [3.63, 3.8) is 0 Å². The average Bonchev–Trinajstić information content (AvgIpc) is 2.64. The molecule has 0 saturated heterocycles. The number of nitro groups is 1. The molecule has 0 amide bonds. The maximum Gasteiger partial charge on any atom is 0.357 e. The first-order chi connectivity index (χ1) is 9.41. The van der Waals surface area contributed by atoms with Crippen molar-refractivity contribution in [1.82, 2.24) is 9.55 Å². The fourth-order valence-corrected chi connectivity index (χ4v) is 2.92. The molecule has 0 bridgehead atoms. The first-order valence-electron chi connectivity index (χ1n) is 5.56. The van der Waals surface area contributed by atoms with Crippen LogP contribution < -0.4 is 0 Å². The minimum Gasteiger partial charge on any atom is -0.358 e. The third kappa shape index (κ3) is 2.80. The molecule has 1 heterocycles. The van der Waals surface area contributed by atoms with E-state index in [4.69, 9.17) is 0 Å². The smallest absolute Gasteiger partial charge is 0.357 e. The van der Waals surface area contributed by atoms with Gasteiger partial charge in [-0.05, 0) is 26.9 Å². The molecule has 1 aromatic carbocycles. The van der Waals surface area contributed by atoms with Crippen LogP contribution in [0.15, 0.2) is 33.3 Å². The van der Waals surface area contributed by atoms with Crippen LogP contribution in [0.3, 0.4) is 0 Å². The minimum absolute atomic E-state index is 0.125. The third-order valence-electron chi connectivity index (χ3n) is 2.74. The Hall–Kier alpha value is -1.54. The number of aromatic nitrogens is 2. The fraction of sp³-hybridized carbons (Fsp3) is 0.167. The van der Waals surface area contributed by atoms with Gasteiger partial charge in [-0.2, -0.15) is 4.98 Å². The van der Waals surface area contributed by atoms with Gasteiger partial charge in [0.25, 0.3) is 0 Å². The second kappa shape index (κ2) is 5.84. The van der Waals surface area contributed by atoms with Gasteiger partial charge in [0.1, 0.15) is 0 Å². The third-order valence-corrected chi connectivity index (χ3v) is 3.96. The van der Waals surface area contributed by atoms with Crippen molar-refractivity contribution < 1.29 is 9.72 Å². The van der Waals surface area contributed by atoms with E-state index >= 15 is 0 Å². The number of carbonyl (C=O) groups excluding carboxylic acids is 1. The maximum atomic E-state index is 12.3. The van der Waals surface area contributed by atoms with Gasteiger partial charge >= 0.3 is 5.82 Å². The predicted octanol–water partition coefficient (Wildman–Crippen LogP) is 3.51. The Balaban J connectivity index is 2.38. The number of carbonyl (C=O) groups is 1. The molecule has 0 radical (unpaired) electrons. The Morgan fingerprint density at radius 1 is 1.40 bits per heavy atom. The van der Waals surface area contributed by atoms with Gasteiger partial charge in [-0.25, -0.2) is 4.57 Å². The summed E-state index contributed by atoms with van der Waals surface area (Å²) in [6, 6.07) is 6.95. The molecule has 0 N–H and O–H groups in total. The number of rotatable bonds is 4. The molecule has 0 spiro atoms. The van der Waals surface area contributed by atoms with E-state index in [0.29, 0.717) is 15.9 Å². The van der Waals surface area contributed by atoms with Crippen molar-refractivity contribution in [2.45, 2.75) is 13.5 Å². The molecule has 2 rings (SSSR count). The summed E-state index contributed by atoms with van der Waals surface area (Å²) in [6.45, 7) is 1.48. The molecule has 0 atom stereocenters. The van der Waals surface area contributed by atoms with E-state index in [-0.39, 0.29) is 22.7 Å². The van der Waals surface area contributed by atoms with E-state index in [2.05, 4.69) is 36.8 Å². The van der Waals surface area contributed by atoms with Crippen molar-refractivity contribution in [1.29, 1.82) is 0 Å². The Morgan fingerprint density at radius 2 is 2.05 bits per heavy atom. The minimum atomic E-state index is -0.558. The number of halogens is 2. The highest BCUT2D eigenvalue weighted by atomic mass is 79.9. The number of hydrogen-bond acceptors (Lipinski definition) is 4. The first-order valence-corrected chi connectivity index (χ1v) is 7.15. The molecule has 6 nitrogen and oxygen atoms in total. The summed E-state index contributed by atoms with van der Waals surface area (Å²) in [5, 5.41) is 11.0. The molecule has 0 unspecified atom stereocenters. The highest BCUT2D eigenvalue weighted by Crippen LogP contribution is 2.26. The van der Waals surface area contributed by atoms with Gasteiger partial charge in [0.15, 0.2) is 12.4 Å². The van der Waals surface area contributed by atoms with E-state index in [1.165, 1.54) is 4.57 Å². The van der Waals surface area contributed by atoms with Crippen LogP contribution in [0.1, 0.15) is 16.2 Å². The lowest BCUT2D eigenvalue weighted by atomic mass is 10.1.